The second-order valence-corrected chi connectivity index (χ2v) is 6.52. The lowest BCUT2D eigenvalue weighted by molar-refractivity contribution is 0.304. The molecule has 0 saturated heterocycles. The minimum absolute atomic E-state index is 0.0770. The predicted molar refractivity (Wildman–Crippen MR) is 101 cm³/mol. The molecule has 1 aliphatic heterocycles. The van der Waals surface area contributed by atoms with Crippen molar-refractivity contribution in [3.8, 4) is 11.5 Å². The number of para-hydroxylation sites is 1. The maximum Gasteiger partial charge on any atom is 0.166 e. The van der Waals surface area contributed by atoms with Gasteiger partial charge >= 0.3 is 0 Å². The molecule has 3 aromatic rings. The SMILES string of the molecule is CCOc1c(OC)cccc1C1NCCc2c1[nH]c1ccc(C)cc21. The molecular formula is C21H24N2O2. The molecule has 0 amide bonds. The van der Waals surface area contributed by atoms with Gasteiger partial charge in [-0.3, -0.25) is 0 Å². The lowest BCUT2D eigenvalue weighted by Gasteiger charge is -2.27. The molecule has 0 fully saturated rings. The second kappa shape index (κ2) is 6.45. The molecule has 0 spiro atoms. The van der Waals surface area contributed by atoms with Gasteiger partial charge in [0.05, 0.1) is 19.8 Å². The minimum atomic E-state index is 0.0770. The van der Waals surface area contributed by atoms with E-state index < -0.39 is 0 Å². The number of aryl methyl sites for hydroxylation is 1. The molecule has 2 aromatic carbocycles. The summed E-state index contributed by atoms with van der Waals surface area (Å²) in [6.07, 6.45) is 1.03. The van der Waals surface area contributed by atoms with Crippen LogP contribution in [0, 0.1) is 6.92 Å². The van der Waals surface area contributed by atoms with E-state index >= 15 is 0 Å². The standard InChI is InChI=1S/C21H24N2O2/c1-4-25-21-15(6-5-7-18(21)24-3)19-20-14(10-11-22-19)16-12-13(2)8-9-17(16)23-20/h5-9,12,19,22-23H,4,10-11H2,1-3H3. The summed E-state index contributed by atoms with van der Waals surface area (Å²) in [7, 11) is 1.69. The summed E-state index contributed by atoms with van der Waals surface area (Å²) in [5, 5.41) is 4.99. The second-order valence-electron chi connectivity index (χ2n) is 6.52. The fourth-order valence-corrected chi connectivity index (χ4v) is 3.83. The summed E-state index contributed by atoms with van der Waals surface area (Å²) in [4.78, 5) is 3.64. The molecule has 4 heteroatoms. The first-order valence-electron chi connectivity index (χ1n) is 8.87. The highest BCUT2D eigenvalue weighted by molar-refractivity contribution is 5.86. The van der Waals surface area contributed by atoms with E-state index in [1.807, 2.05) is 19.1 Å². The van der Waals surface area contributed by atoms with Crippen LogP contribution in [-0.4, -0.2) is 25.2 Å². The molecule has 1 unspecified atom stereocenters. The Morgan fingerprint density at radius 3 is 2.88 bits per heavy atom. The molecule has 4 rings (SSSR count). The van der Waals surface area contributed by atoms with Crippen molar-refractivity contribution in [1.29, 1.82) is 0 Å². The highest BCUT2D eigenvalue weighted by Crippen LogP contribution is 2.40. The molecule has 1 atom stereocenters. The zero-order chi connectivity index (χ0) is 17.4. The summed E-state index contributed by atoms with van der Waals surface area (Å²) >= 11 is 0. The Morgan fingerprint density at radius 2 is 2.08 bits per heavy atom. The molecule has 0 saturated carbocycles. The van der Waals surface area contributed by atoms with E-state index in [9.17, 15) is 0 Å². The topological polar surface area (TPSA) is 46.3 Å². The van der Waals surface area contributed by atoms with Crippen molar-refractivity contribution in [1.82, 2.24) is 10.3 Å². The first-order chi connectivity index (χ1) is 12.2. The molecule has 2 N–H and O–H groups in total. The maximum absolute atomic E-state index is 5.94. The molecule has 0 aliphatic carbocycles. The third kappa shape index (κ3) is 2.67. The molecule has 1 aliphatic rings. The van der Waals surface area contributed by atoms with Crippen LogP contribution >= 0.6 is 0 Å². The molecule has 2 heterocycles. The highest BCUT2D eigenvalue weighted by Gasteiger charge is 2.28. The highest BCUT2D eigenvalue weighted by atomic mass is 16.5. The van der Waals surface area contributed by atoms with Gasteiger partial charge in [0.1, 0.15) is 0 Å². The number of H-pyrrole nitrogens is 1. The van der Waals surface area contributed by atoms with Crippen LogP contribution in [0.4, 0.5) is 0 Å². The van der Waals surface area contributed by atoms with E-state index in [0.29, 0.717) is 6.61 Å². The normalized spacial score (nSPS) is 16.7. The van der Waals surface area contributed by atoms with E-state index in [1.54, 1.807) is 7.11 Å². The first-order valence-corrected chi connectivity index (χ1v) is 8.87. The largest absolute Gasteiger partial charge is 0.493 e. The smallest absolute Gasteiger partial charge is 0.166 e. The van der Waals surface area contributed by atoms with Gasteiger partial charge in [-0.25, -0.2) is 0 Å². The van der Waals surface area contributed by atoms with Crippen molar-refractivity contribution in [2.24, 2.45) is 0 Å². The van der Waals surface area contributed by atoms with E-state index in [-0.39, 0.29) is 6.04 Å². The third-order valence-electron chi connectivity index (χ3n) is 4.94. The molecule has 25 heavy (non-hydrogen) atoms. The molecule has 0 radical (unpaired) electrons. The average molecular weight is 336 g/mol. The molecule has 4 nitrogen and oxygen atoms in total. The van der Waals surface area contributed by atoms with Crippen LogP contribution in [0.2, 0.25) is 0 Å². The Labute approximate surface area is 148 Å². The number of aromatic amines is 1. The Bertz CT molecular complexity index is 914. The lowest BCUT2D eigenvalue weighted by Crippen LogP contribution is -2.30. The zero-order valence-electron chi connectivity index (χ0n) is 15.0. The Hall–Kier alpha value is -2.46. The summed E-state index contributed by atoms with van der Waals surface area (Å²) in [6, 6.07) is 12.8. The van der Waals surface area contributed by atoms with Crippen LogP contribution in [0.25, 0.3) is 10.9 Å². The van der Waals surface area contributed by atoms with Crippen LogP contribution in [0.3, 0.4) is 0 Å². The molecule has 1 aromatic heterocycles. The molecule has 130 valence electrons. The van der Waals surface area contributed by atoms with Crippen molar-refractivity contribution in [3.63, 3.8) is 0 Å². The number of fused-ring (bicyclic) bond motifs is 3. The number of aromatic nitrogens is 1. The van der Waals surface area contributed by atoms with Gasteiger partial charge in [0.15, 0.2) is 11.5 Å². The molecular weight excluding hydrogens is 312 g/mol. The number of nitrogens with one attached hydrogen (secondary N) is 2. The van der Waals surface area contributed by atoms with E-state index in [4.69, 9.17) is 9.47 Å². The van der Waals surface area contributed by atoms with Crippen LogP contribution < -0.4 is 14.8 Å². The summed E-state index contributed by atoms with van der Waals surface area (Å²) in [6.45, 7) is 5.70. The van der Waals surface area contributed by atoms with Gasteiger partial charge < -0.3 is 19.8 Å². The van der Waals surface area contributed by atoms with Crippen molar-refractivity contribution in [3.05, 3.63) is 58.8 Å². The van der Waals surface area contributed by atoms with Crippen molar-refractivity contribution in [2.75, 3.05) is 20.3 Å². The quantitative estimate of drug-likeness (QED) is 0.753. The minimum Gasteiger partial charge on any atom is -0.493 e. The van der Waals surface area contributed by atoms with Gasteiger partial charge in [-0.15, -0.1) is 0 Å². The fraction of sp³-hybridized carbons (Fsp3) is 0.333. The van der Waals surface area contributed by atoms with E-state index in [1.165, 1.54) is 27.7 Å². The lowest BCUT2D eigenvalue weighted by atomic mass is 9.93. The summed E-state index contributed by atoms with van der Waals surface area (Å²) in [5.41, 5.74) is 6.25. The Kier molecular flexibility index (Phi) is 4.14. The number of rotatable bonds is 4. The van der Waals surface area contributed by atoms with Gasteiger partial charge in [0, 0.05) is 28.7 Å². The number of benzene rings is 2. The maximum atomic E-state index is 5.94. The Balaban J connectivity index is 1.88. The third-order valence-corrected chi connectivity index (χ3v) is 4.94. The average Bonchev–Trinajstić information content (AvgIpc) is 3.00. The molecule has 0 bridgehead atoms. The van der Waals surface area contributed by atoms with Crippen LogP contribution in [0.1, 0.15) is 35.3 Å². The number of methoxy groups -OCH3 is 1. The number of ether oxygens (including phenoxy) is 2. The van der Waals surface area contributed by atoms with Crippen LogP contribution in [0.5, 0.6) is 11.5 Å². The number of hydrogen-bond acceptors (Lipinski definition) is 3. The summed E-state index contributed by atoms with van der Waals surface area (Å²) in [5.74, 6) is 1.60. The van der Waals surface area contributed by atoms with Gasteiger partial charge in [-0.2, -0.15) is 0 Å². The van der Waals surface area contributed by atoms with E-state index in [2.05, 4.69) is 41.5 Å². The van der Waals surface area contributed by atoms with Crippen LogP contribution in [0.15, 0.2) is 36.4 Å². The zero-order valence-corrected chi connectivity index (χ0v) is 15.0. The number of hydrogen-bond donors (Lipinski definition) is 2. The van der Waals surface area contributed by atoms with Crippen molar-refractivity contribution in [2.45, 2.75) is 26.3 Å². The van der Waals surface area contributed by atoms with Crippen molar-refractivity contribution < 1.29 is 9.47 Å². The van der Waals surface area contributed by atoms with Gasteiger partial charge in [0.25, 0.3) is 0 Å². The predicted octanol–water partition coefficient (Wildman–Crippen LogP) is 4.12. The van der Waals surface area contributed by atoms with Gasteiger partial charge in [-0.1, -0.05) is 23.8 Å². The first kappa shape index (κ1) is 16.0. The monoisotopic (exact) mass is 336 g/mol. The van der Waals surface area contributed by atoms with E-state index in [0.717, 1.165) is 30.0 Å². The van der Waals surface area contributed by atoms with Gasteiger partial charge in [-0.05, 0) is 44.0 Å². The van der Waals surface area contributed by atoms with Gasteiger partial charge in [0.2, 0.25) is 0 Å². The van der Waals surface area contributed by atoms with Crippen molar-refractivity contribution >= 4 is 10.9 Å². The van der Waals surface area contributed by atoms with Crippen LogP contribution in [-0.2, 0) is 6.42 Å². The summed E-state index contributed by atoms with van der Waals surface area (Å²) < 4.78 is 11.5. The fourth-order valence-electron chi connectivity index (χ4n) is 3.83. The Morgan fingerprint density at radius 1 is 1.20 bits per heavy atom.